The fourth-order valence-corrected chi connectivity index (χ4v) is 4.57. The van der Waals surface area contributed by atoms with Gasteiger partial charge in [0.25, 0.3) is 11.8 Å². The van der Waals surface area contributed by atoms with Gasteiger partial charge in [0.05, 0.1) is 18.8 Å². The van der Waals surface area contributed by atoms with E-state index in [1.165, 1.54) is 4.90 Å². The molecule has 6 nitrogen and oxygen atoms in total. The third kappa shape index (κ3) is 3.43. The predicted molar refractivity (Wildman–Crippen MR) is 119 cm³/mol. The van der Waals surface area contributed by atoms with E-state index in [4.69, 9.17) is 4.74 Å². The summed E-state index contributed by atoms with van der Waals surface area (Å²) in [6.45, 7) is 2.70. The molecule has 1 saturated heterocycles. The predicted octanol–water partition coefficient (Wildman–Crippen LogP) is 2.83. The molecule has 2 aliphatic rings. The number of morpholine rings is 1. The summed E-state index contributed by atoms with van der Waals surface area (Å²) in [6.07, 6.45) is 2.71. The summed E-state index contributed by atoms with van der Waals surface area (Å²) in [5.74, 6) is -0.413. The third-order valence-corrected chi connectivity index (χ3v) is 6.12. The van der Waals surface area contributed by atoms with Gasteiger partial charge in [0.1, 0.15) is 5.70 Å². The Hall–Kier alpha value is -3.38. The third-order valence-electron chi connectivity index (χ3n) is 6.12. The van der Waals surface area contributed by atoms with E-state index in [-0.39, 0.29) is 11.8 Å². The number of hydrogen-bond acceptors (Lipinski definition) is 4. The molecule has 2 aromatic carbocycles. The molecular weight excluding hydrogens is 390 g/mol. The number of carbonyl (C=O) groups excluding carboxylic acids is 2. The van der Waals surface area contributed by atoms with E-state index >= 15 is 0 Å². The largest absolute Gasteiger partial charge is 0.378 e. The maximum atomic E-state index is 13.4. The summed E-state index contributed by atoms with van der Waals surface area (Å²) >= 11 is 0. The van der Waals surface area contributed by atoms with Crippen LogP contribution in [0.25, 0.3) is 16.5 Å². The molecule has 0 bridgehead atoms. The molecule has 31 heavy (non-hydrogen) atoms. The monoisotopic (exact) mass is 415 g/mol. The second-order valence-electron chi connectivity index (χ2n) is 7.98. The average molecular weight is 415 g/mol. The van der Waals surface area contributed by atoms with Gasteiger partial charge in [0.15, 0.2) is 0 Å². The maximum absolute atomic E-state index is 13.4. The van der Waals surface area contributed by atoms with E-state index < -0.39 is 0 Å². The average Bonchev–Trinajstić information content (AvgIpc) is 3.26. The number of nitrogens with zero attached hydrogens (tertiary/aromatic N) is 3. The van der Waals surface area contributed by atoms with Crippen molar-refractivity contribution in [1.29, 1.82) is 0 Å². The summed E-state index contributed by atoms with van der Waals surface area (Å²) in [6, 6.07) is 17.7. The minimum absolute atomic E-state index is 0.203. The molecule has 1 fully saturated rings. The van der Waals surface area contributed by atoms with E-state index in [0.717, 1.165) is 22.0 Å². The van der Waals surface area contributed by atoms with Crippen LogP contribution in [-0.4, -0.2) is 59.0 Å². The Kier molecular flexibility index (Phi) is 5.08. The van der Waals surface area contributed by atoms with Gasteiger partial charge in [-0.05, 0) is 23.6 Å². The smallest absolute Gasteiger partial charge is 0.277 e. The van der Waals surface area contributed by atoms with E-state index in [2.05, 4.69) is 22.9 Å². The van der Waals surface area contributed by atoms with Gasteiger partial charge in [-0.15, -0.1) is 0 Å². The van der Waals surface area contributed by atoms with Crippen LogP contribution < -0.4 is 0 Å². The molecule has 0 N–H and O–H groups in total. The van der Waals surface area contributed by atoms with Crippen molar-refractivity contribution in [3.05, 3.63) is 77.6 Å². The number of amides is 2. The van der Waals surface area contributed by atoms with Crippen molar-refractivity contribution in [3.63, 3.8) is 0 Å². The molecule has 0 saturated carbocycles. The molecule has 3 aromatic rings. The van der Waals surface area contributed by atoms with Crippen molar-refractivity contribution < 1.29 is 14.3 Å². The number of imide groups is 1. The lowest BCUT2D eigenvalue weighted by Gasteiger charge is -2.29. The Balaban J connectivity index is 1.45. The van der Waals surface area contributed by atoms with Crippen LogP contribution >= 0.6 is 0 Å². The van der Waals surface area contributed by atoms with Crippen LogP contribution in [-0.2, 0) is 27.8 Å². The van der Waals surface area contributed by atoms with Gasteiger partial charge in [0.2, 0.25) is 0 Å². The molecule has 6 heteroatoms. The van der Waals surface area contributed by atoms with Gasteiger partial charge in [-0.3, -0.25) is 14.5 Å². The highest BCUT2D eigenvalue weighted by Gasteiger charge is 2.41. The van der Waals surface area contributed by atoms with Gasteiger partial charge in [-0.2, -0.15) is 0 Å². The summed E-state index contributed by atoms with van der Waals surface area (Å²) in [5, 5.41) is 1.16. The molecule has 0 radical (unpaired) electrons. The Morgan fingerprint density at radius 3 is 2.39 bits per heavy atom. The van der Waals surface area contributed by atoms with E-state index in [1.807, 2.05) is 54.4 Å². The van der Waals surface area contributed by atoms with Gasteiger partial charge in [0, 0.05) is 43.8 Å². The standard InChI is InChI=1S/C25H25N3O3/c1-26-17-19(20-9-5-6-10-21(20)26)11-12-28-24(29)22(18-7-3-2-4-8-18)23(25(28)30)27-13-15-31-16-14-27/h2-10,17H,11-16H2,1H3. The minimum atomic E-state index is -0.210. The number of benzene rings is 2. The second-order valence-corrected chi connectivity index (χ2v) is 7.98. The zero-order valence-electron chi connectivity index (χ0n) is 17.6. The SMILES string of the molecule is Cn1cc(CCN2C(=O)C(c3ccccc3)=C(N3CCOCC3)C2=O)c2ccccc21. The van der Waals surface area contributed by atoms with Gasteiger partial charge < -0.3 is 14.2 Å². The molecule has 0 spiro atoms. The fourth-order valence-electron chi connectivity index (χ4n) is 4.57. The fraction of sp³-hybridized carbons (Fsp3) is 0.280. The van der Waals surface area contributed by atoms with Gasteiger partial charge in [-0.25, -0.2) is 0 Å². The molecule has 1 aromatic heterocycles. The van der Waals surface area contributed by atoms with Crippen molar-refractivity contribution in [2.45, 2.75) is 6.42 Å². The molecule has 0 aliphatic carbocycles. The van der Waals surface area contributed by atoms with Crippen LogP contribution in [0.1, 0.15) is 11.1 Å². The van der Waals surface area contributed by atoms with Crippen LogP contribution in [0.3, 0.4) is 0 Å². The molecule has 158 valence electrons. The first-order chi connectivity index (χ1) is 15.1. The number of para-hydroxylation sites is 1. The molecule has 0 atom stereocenters. The summed E-state index contributed by atoms with van der Waals surface area (Å²) in [4.78, 5) is 30.3. The molecule has 3 heterocycles. The molecule has 5 rings (SSSR count). The van der Waals surface area contributed by atoms with E-state index in [9.17, 15) is 9.59 Å². The number of ether oxygens (including phenoxy) is 1. The van der Waals surface area contributed by atoms with Gasteiger partial charge >= 0.3 is 0 Å². The summed E-state index contributed by atoms with van der Waals surface area (Å²) in [7, 11) is 2.02. The van der Waals surface area contributed by atoms with Crippen LogP contribution in [0, 0.1) is 0 Å². The van der Waals surface area contributed by atoms with Crippen LogP contribution in [0.5, 0.6) is 0 Å². The lowest BCUT2D eigenvalue weighted by Crippen LogP contribution is -2.40. The lowest BCUT2D eigenvalue weighted by atomic mass is 10.0. The Bertz CT molecular complexity index is 1170. The molecule has 2 aliphatic heterocycles. The van der Waals surface area contributed by atoms with E-state index in [1.54, 1.807) is 0 Å². The van der Waals surface area contributed by atoms with Crippen molar-refractivity contribution in [2.24, 2.45) is 7.05 Å². The highest BCUT2D eigenvalue weighted by atomic mass is 16.5. The Morgan fingerprint density at radius 1 is 0.903 bits per heavy atom. The topological polar surface area (TPSA) is 54.8 Å². The maximum Gasteiger partial charge on any atom is 0.277 e. The van der Waals surface area contributed by atoms with Crippen molar-refractivity contribution in [2.75, 3.05) is 32.8 Å². The number of carbonyl (C=O) groups is 2. The highest BCUT2D eigenvalue weighted by molar-refractivity contribution is 6.35. The Labute approximate surface area is 181 Å². The van der Waals surface area contributed by atoms with Crippen LogP contribution in [0.2, 0.25) is 0 Å². The van der Waals surface area contributed by atoms with Crippen molar-refractivity contribution in [1.82, 2.24) is 14.4 Å². The lowest BCUT2D eigenvalue weighted by molar-refractivity contribution is -0.137. The normalized spacial score (nSPS) is 17.3. The number of rotatable bonds is 5. The van der Waals surface area contributed by atoms with Crippen molar-refractivity contribution >= 4 is 28.3 Å². The van der Waals surface area contributed by atoms with Crippen LogP contribution in [0.4, 0.5) is 0 Å². The van der Waals surface area contributed by atoms with Crippen molar-refractivity contribution in [3.8, 4) is 0 Å². The first-order valence-electron chi connectivity index (χ1n) is 10.7. The van der Waals surface area contributed by atoms with Crippen LogP contribution in [0.15, 0.2) is 66.5 Å². The number of hydrogen-bond donors (Lipinski definition) is 0. The summed E-state index contributed by atoms with van der Waals surface area (Å²) in [5.41, 5.74) is 4.09. The van der Waals surface area contributed by atoms with E-state index in [0.29, 0.717) is 50.5 Å². The molecular formula is C25H25N3O3. The highest BCUT2D eigenvalue weighted by Crippen LogP contribution is 2.32. The number of aryl methyl sites for hydroxylation is 1. The number of aromatic nitrogens is 1. The Morgan fingerprint density at radius 2 is 1.61 bits per heavy atom. The zero-order chi connectivity index (χ0) is 21.4. The minimum Gasteiger partial charge on any atom is -0.378 e. The first-order valence-corrected chi connectivity index (χ1v) is 10.7. The number of fused-ring (bicyclic) bond motifs is 1. The first kappa shape index (κ1) is 19.6. The zero-order valence-corrected chi connectivity index (χ0v) is 17.6. The molecule has 0 unspecified atom stereocenters. The summed E-state index contributed by atoms with van der Waals surface area (Å²) < 4.78 is 7.55. The van der Waals surface area contributed by atoms with Gasteiger partial charge in [-0.1, -0.05) is 48.5 Å². The second kappa shape index (κ2) is 8.04. The quantitative estimate of drug-likeness (QED) is 0.602. The molecule has 2 amide bonds.